The number of carbonyl (C=O) groups is 2. The first-order chi connectivity index (χ1) is 17.8. The summed E-state index contributed by atoms with van der Waals surface area (Å²) < 4.78 is 57.0. The van der Waals surface area contributed by atoms with Gasteiger partial charge < -0.3 is 24.8 Å². The van der Waals surface area contributed by atoms with Gasteiger partial charge in [-0.2, -0.15) is 13.2 Å². The molecule has 2 aromatic carbocycles. The molecule has 3 atom stereocenters. The smallest absolute Gasteiger partial charge is 0.490 e. The van der Waals surface area contributed by atoms with Gasteiger partial charge in [-0.1, -0.05) is 23.7 Å². The van der Waals surface area contributed by atoms with Crippen molar-refractivity contribution in [3.8, 4) is 11.5 Å². The molecule has 1 saturated heterocycles. The Labute approximate surface area is 222 Å². The fourth-order valence-corrected chi connectivity index (χ4v) is 5.57. The number of amides is 1. The van der Waals surface area contributed by atoms with E-state index in [0.29, 0.717) is 5.92 Å². The third-order valence-electron chi connectivity index (χ3n) is 7.11. The highest BCUT2D eigenvalue weighted by Gasteiger charge is 2.50. The maximum Gasteiger partial charge on any atom is 0.490 e. The predicted molar refractivity (Wildman–Crippen MR) is 132 cm³/mol. The number of carboxylic acid groups (broad SMARTS) is 1. The molecule has 0 bridgehead atoms. The first-order valence-electron chi connectivity index (χ1n) is 11.8. The molecule has 7 nitrogen and oxygen atoms in total. The van der Waals surface area contributed by atoms with Crippen molar-refractivity contribution in [3.05, 3.63) is 58.4 Å². The molecule has 2 fully saturated rings. The highest BCUT2D eigenvalue weighted by Crippen LogP contribution is 2.49. The fraction of sp³-hybridized carbons (Fsp3) is 0.462. The Morgan fingerprint density at radius 2 is 1.82 bits per heavy atom. The van der Waals surface area contributed by atoms with Crippen molar-refractivity contribution in [3.63, 3.8) is 0 Å². The molecule has 2 aromatic rings. The van der Waals surface area contributed by atoms with Crippen molar-refractivity contribution >= 4 is 23.5 Å². The summed E-state index contributed by atoms with van der Waals surface area (Å²) in [6.45, 7) is 1.91. The zero-order chi connectivity index (χ0) is 28.3. The average molecular weight is 561 g/mol. The van der Waals surface area contributed by atoms with Gasteiger partial charge in [-0.25, -0.2) is 9.18 Å². The molecule has 4 rings (SSSR count). The molecule has 12 heteroatoms. The molecule has 2 N–H and O–H groups in total. The molecule has 1 heterocycles. The summed E-state index contributed by atoms with van der Waals surface area (Å²) in [6.07, 6.45) is -2.49. The first kappa shape index (κ1) is 29.5. The SMILES string of the molecule is COc1ccc([C@@]23CC[C@@H](NC(=O)c4cccc(Cl)c4F)C[C@@H]2CN(C)C3)cc1OC.O=C(O)C(F)(F)F. The van der Waals surface area contributed by atoms with Crippen LogP contribution in [0.1, 0.15) is 35.2 Å². The number of alkyl halides is 3. The quantitative estimate of drug-likeness (QED) is 0.505. The number of likely N-dealkylation sites (tertiary alicyclic amines) is 1. The van der Waals surface area contributed by atoms with Gasteiger partial charge in [0.25, 0.3) is 5.91 Å². The van der Waals surface area contributed by atoms with Gasteiger partial charge in [-0.3, -0.25) is 4.79 Å². The lowest BCUT2D eigenvalue weighted by Crippen LogP contribution is -2.47. The van der Waals surface area contributed by atoms with Crippen LogP contribution in [0.3, 0.4) is 0 Å². The van der Waals surface area contributed by atoms with Gasteiger partial charge in [-0.15, -0.1) is 0 Å². The fourth-order valence-electron chi connectivity index (χ4n) is 5.39. The molecule has 0 spiro atoms. The summed E-state index contributed by atoms with van der Waals surface area (Å²) in [4.78, 5) is 23.9. The molecule has 1 aliphatic carbocycles. The largest absolute Gasteiger partial charge is 0.493 e. The van der Waals surface area contributed by atoms with Crippen LogP contribution in [0.15, 0.2) is 36.4 Å². The second kappa shape index (κ2) is 11.8. The average Bonchev–Trinajstić information content (AvgIpc) is 3.21. The summed E-state index contributed by atoms with van der Waals surface area (Å²) in [5.41, 5.74) is 1.23. The van der Waals surface area contributed by atoms with E-state index in [-0.39, 0.29) is 22.0 Å². The summed E-state index contributed by atoms with van der Waals surface area (Å²) >= 11 is 5.84. The van der Waals surface area contributed by atoms with Crippen LogP contribution in [-0.2, 0) is 10.2 Å². The van der Waals surface area contributed by atoms with Crippen LogP contribution < -0.4 is 14.8 Å². The van der Waals surface area contributed by atoms with Crippen LogP contribution in [0.25, 0.3) is 0 Å². The third-order valence-corrected chi connectivity index (χ3v) is 7.40. The minimum absolute atomic E-state index is 0.00314. The number of benzene rings is 2. The number of carbonyl (C=O) groups excluding carboxylic acids is 1. The number of fused-ring (bicyclic) bond motifs is 1. The normalized spacial score (nSPS) is 23.1. The molecule has 1 aliphatic heterocycles. The number of rotatable bonds is 5. The molecular formula is C26H29ClF4N2O5. The van der Waals surface area contributed by atoms with E-state index in [1.807, 2.05) is 6.07 Å². The van der Waals surface area contributed by atoms with Gasteiger partial charge in [0, 0.05) is 24.5 Å². The van der Waals surface area contributed by atoms with Crippen molar-refractivity contribution in [1.29, 1.82) is 0 Å². The number of likely N-dealkylation sites (N-methyl/N-ethyl adjacent to an activating group) is 1. The van der Waals surface area contributed by atoms with E-state index >= 15 is 0 Å². The van der Waals surface area contributed by atoms with E-state index in [9.17, 15) is 22.4 Å². The van der Waals surface area contributed by atoms with Gasteiger partial charge in [0.1, 0.15) is 0 Å². The Balaban J connectivity index is 0.000000505. The van der Waals surface area contributed by atoms with E-state index in [1.54, 1.807) is 20.3 Å². The molecule has 0 unspecified atom stereocenters. The maximum atomic E-state index is 14.3. The summed E-state index contributed by atoms with van der Waals surface area (Å²) in [6, 6.07) is 10.7. The lowest BCUT2D eigenvalue weighted by atomic mass is 9.63. The van der Waals surface area contributed by atoms with Crippen molar-refractivity contribution in [2.24, 2.45) is 5.92 Å². The van der Waals surface area contributed by atoms with Crippen molar-refractivity contribution in [2.45, 2.75) is 36.9 Å². The number of nitrogens with zero attached hydrogens (tertiary/aromatic N) is 1. The lowest BCUT2D eigenvalue weighted by Gasteiger charge is -2.43. The van der Waals surface area contributed by atoms with Crippen LogP contribution in [-0.4, -0.2) is 68.5 Å². The van der Waals surface area contributed by atoms with Gasteiger partial charge >= 0.3 is 12.1 Å². The Morgan fingerprint density at radius 3 is 2.42 bits per heavy atom. The molecule has 1 saturated carbocycles. The van der Waals surface area contributed by atoms with Crippen LogP contribution in [0.2, 0.25) is 5.02 Å². The number of hydrogen-bond donors (Lipinski definition) is 2. The second-order valence-electron chi connectivity index (χ2n) is 9.47. The van der Waals surface area contributed by atoms with Gasteiger partial charge in [0.05, 0.1) is 24.8 Å². The van der Waals surface area contributed by atoms with E-state index in [1.165, 1.54) is 17.7 Å². The Hall–Kier alpha value is -3.05. The van der Waals surface area contributed by atoms with E-state index in [2.05, 4.69) is 29.4 Å². The number of nitrogens with one attached hydrogen (secondary N) is 1. The third kappa shape index (κ3) is 6.32. The number of ether oxygens (including phenoxy) is 2. The zero-order valence-corrected chi connectivity index (χ0v) is 21.8. The van der Waals surface area contributed by atoms with Crippen molar-refractivity contribution < 1.29 is 41.7 Å². The monoisotopic (exact) mass is 560 g/mol. The topological polar surface area (TPSA) is 88.1 Å². The standard InChI is InChI=1S/C24H28ClFN2O3.C2HF3O2/c1-28-13-16-11-17(27-23(29)18-5-4-6-19(25)22(18)26)9-10-24(16,14-28)15-7-8-20(30-2)21(12-15)31-3;3-2(4,5)1(6)7/h4-8,12,16-17H,9-11,13-14H2,1-3H3,(H,27,29);(H,6,7)/t16-,17-,24+;/m1./s1. The summed E-state index contributed by atoms with van der Waals surface area (Å²) in [7, 11) is 5.42. The molecule has 208 valence electrons. The minimum Gasteiger partial charge on any atom is -0.493 e. The minimum atomic E-state index is -5.08. The van der Waals surface area contributed by atoms with Crippen LogP contribution in [0.5, 0.6) is 11.5 Å². The Morgan fingerprint density at radius 1 is 1.16 bits per heavy atom. The predicted octanol–water partition coefficient (Wildman–Crippen LogP) is 4.91. The van der Waals surface area contributed by atoms with Crippen LogP contribution in [0, 0.1) is 11.7 Å². The molecule has 2 aliphatic rings. The second-order valence-corrected chi connectivity index (χ2v) is 9.88. The first-order valence-corrected chi connectivity index (χ1v) is 12.2. The number of halogens is 5. The van der Waals surface area contributed by atoms with Gasteiger partial charge in [0.15, 0.2) is 17.3 Å². The Kier molecular flexibility index (Phi) is 9.14. The Bertz CT molecular complexity index is 1180. The number of carboxylic acids is 1. The molecule has 1 amide bonds. The molecular weight excluding hydrogens is 532 g/mol. The maximum absolute atomic E-state index is 14.3. The number of aliphatic carboxylic acids is 1. The van der Waals surface area contributed by atoms with E-state index < -0.39 is 23.9 Å². The molecule has 38 heavy (non-hydrogen) atoms. The summed E-state index contributed by atoms with van der Waals surface area (Å²) in [5, 5.41) is 10.1. The van der Waals surface area contributed by atoms with E-state index in [0.717, 1.165) is 43.9 Å². The van der Waals surface area contributed by atoms with Crippen LogP contribution >= 0.6 is 11.6 Å². The number of hydrogen-bond acceptors (Lipinski definition) is 5. The summed E-state index contributed by atoms with van der Waals surface area (Å²) in [5.74, 6) is -2.01. The van der Waals surface area contributed by atoms with E-state index in [4.69, 9.17) is 31.0 Å². The molecule has 0 aromatic heterocycles. The van der Waals surface area contributed by atoms with Crippen molar-refractivity contribution in [1.82, 2.24) is 10.2 Å². The zero-order valence-electron chi connectivity index (χ0n) is 21.1. The van der Waals surface area contributed by atoms with Gasteiger partial charge in [0.2, 0.25) is 0 Å². The highest BCUT2D eigenvalue weighted by molar-refractivity contribution is 6.31. The highest BCUT2D eigenvalue weighted by atomic mass is 35.5. The number of methoxy groups -OCH3 is 2. The molecule has 0 radical (unpaired) electrons. The lowest BCUT2D eigenvalue weighted by molar-refractivity contribution is -0.192. The van der Waals surface area contributed by atoms with Gasteiger partial charge in [-0.05, 0) is 62.1 Å². The van der Waals surface area contributed by atoms with Crippen molar-refractivity contribution in [2.75, 3.05) is 34.4 Å². The van der Waals surface area contributed by atoms with Crippen LogP contribution in [0.4, 0.5) is 17.6 Å².